The van der Waals surface area contributed by atoms with Gasteiger partial charge in [0.1, 0.15) is 5.82 Å². The topological polar surface area (TPSA) is 43.7 Å². The first-order chi connectivity index (χ1) is 9.59. The van der Waals surface area contributed by atoms with Gasteiger partial charge in [0.15, 0.2) is 0 Å². The Morgan fingerprint density at radius 3 is 2.62 bits per heavy atom. The highest BCUT2D eigenvalue weighted by Gasteiger charge is 2.38. The van der Waals surface area contributed by atoms with Gasteiger partial charge in [0, 0.05) is 19.6 Å². The fraction of sp³-hybridized carbons (Fsp3) is 0.571. The van der Waals surface area contributed by atoms with Crippen LogP contribution in [0.25, 0.3) is 0 Å². The average molecular weight is 307 g/mol. The number of β-amino-alcohol motifs (C(OH)–C–C–N with tert-alkyl or cyclic N) is 1. The Morgan fingerprint density at radius 1 is 1.38 bits per heavy atom. The molecule has 2 atom stereocenters. The van der Waals surface area contributed by atoms with Crippen LogP contribution < -0.4 is 0 Å². The Balaban J connectivity index is 2.19. The van der Waals surface area contributed by atoms with Crippen LogP contribution in [0.15, 0.2) is 18.2 Å². The van der Waals surface area contributed by atoms with Gasteiger partial charge in [0.2, 0.25) is 0 Å². The van der Waals surface area contributed by atoms with Gasteiger partial charge >= 0.3 is 6.18 Å². The van der Waals surface area contributed by atoms with Gasteiger partial charge in [-0.1, -0.05) is 0 Å². The number of piperidine rings is 1. The highest BCUT2D eigenvalue weighted by molar-refractivity contribution is 5.30. The normalized spacial score (nSPS) is 27.9. The Kier molecular flexibility index (Phi) is 4.28. The largest absolute Gasteiger partial charge is 0.416 e. The summed E-state index contributed by atoms with van der Waals surface area (Å²) in [4.78, 5) is 1.58. The molecule has 0 aliphatic carbocycles. The van der Waals surface area contributed by atoms with Crippen molar-refractivity contribution in [2.45, 2.75) is 37.8 Å². The molecular weight excluding hydrogens is 290 g/mol. The summed E-state index contributed by atoms with van der Waals surface area (Å²) < 4.78 is 51.9. The highest BCUT2D eigenvalue weighted by atomic mass is 19.4. The Bertz CT molecular complexity index is 516. The Hall–Kier alpha value is -1.18. The molecule has 2 N–H and O–H groups in total. The second kappa shape index (κ2) is 5.55. The molecule has 0 aromatic heterocycles. The summed E-state index contributed by atoms with van der Waals surface area (Å²) in [6.07, 6.45) is -5.36. The monoisotopic (exact) mass is 307 g/mol. The van der Waals surface area contributed by atoms with Gasteiger partial charge < -0.3 is 10.2 Å². The lowest BCUT2D eigenvalue weighted by molar-refractivity contribution is -0.139. The number of rotatable bonds is 2. The van der Waals surface area contributed by atoms with E-state index in [2.05, 4.69) is 0 Å². The minimum Gasteiger partial charge on any atom is -0.389 e. The van der Waals surface area contributed by atoms with Gasteiger partial charge in [-0.05, 0) is 37.1 Å². The number of benzene rings is 1. The van der Waals surface area contributed by atoms with Crippen LogP contribution in [0, 0.1) is 5.82 Å². The van der Waals surface area contributed by atoms with Crippen LogP contribution in [0.4, 0.5) is 17.6 Å². The quantitative estimate of drug-likeness (QED) is 0.823. The number of hydrogen-bond acceptors (Lipinski definition) is 3. The maximum Gasteiger partial charge on any atom is 0.416 e. The predicted octanol–water partition coefficient (Wildman–Crippen LogP) is 2.16. The van der Waals surface area contributed by atoms with Crippen LogP contribution >= 0.6 is 0 Å². The van der Waals surface area contributed by atoms with E-state index in [4.69, 9.17) is 0 Å². The molecule has 0 radical (unpaired) electrons. The first-order valence-corrected chi connectivity index (χ1v) is 6.58. The molecule has 1 heterocycles. The van der Waals surface area contributed by atoms with Crippen molar-refractivity contribution in [2.75, 3.05) is 13.1 Å². The molecule has 0 spiro atoms. The van der Waals surface area contributed by atoms with E-state index in [0.717, 1.165) is 18.2 Å². The van der Waals surface area contributed by atoms with Crippen molar-refractivity contribution in [1.29, 1.82) is 0 Å². The third kappa shape index (κ3) is 3.72. The molecule has 0 saturated carbocycles. The molecule has 118 valence electrons. The first kappa shape index (κ1) is 16.2. The maximum atomic E-state index is 13.2. The molecule has 3 nitrogen and oxygen atoms in total. The second-order valence-electron chi connectivity index (χ2n) is 5.66. The van der Waals surface area contributed by atoms with Crippen molar-refractivity contribution in [1.82, 2.24) is 4.90 Å². The van der Waals surface area contributed by atoms with Crippen molar-refractivity contribution >= 4 is 0 Å². The smallest absolute Gasteiger partial charge is 0.389 e. The van der Waals surface area contributed by atoms with E-state index < -0.39 is 29.3 Å². The van der Waals surface area contributed by atoms with E-state index in [1.807, 2.05) is 0 Å². The van der Waals surface area contributed by atoms with E-state index in [0.29, 0.717) is 6.54 Å². The van der Waals surface area contributed by atoms with E-state index in [-0.39, 0.29) is 25.1 Å². The zero-order chi connectivity index (χ0) is 15.8. The van der Waals surface area contributed by atoms with Crippen LogP contribution in [0.2, 0.25) is 0 Å². The standard InChI is InChI=1S/C14H17F4NO2/c1-13(21)4-5-19(8-12(13)20)7-9-6-10(15)2-3-11(9)14(16,17)18/h2-3,6,12,20-21H,4-5,7-8H2,1H3/t12-,13-/m1/s1. The zero-order valence-electron chi connectivity index (χ0n) is 11.5. The molecule has 1 aliphatic rings. The maximum absolute atomic E-state index is 13.2. The third-order valence-corrected chi connectivity index (χ3v) is 3.85. The van der Waals surface area contributed by atoms with E-state index in [9.17, 15) is 27.8 Å². The van der Waals surface area contributed by atoms with Crippen molar-refractivity contribution in [3.63, 3.8) is 0 Å². The second-order valence-corrected chi connectivity index (χ2v) is 5.66. The lowest BCUT2D eigenvalue weighted by Gasteiger charge is -2.40. The number of hydrogen-bond donors (Lipinski definition) is 2. The summed E-state index contributed by atoms with van der Waals surface area (Å²) in [5.41, 5.74) is -2.29. The lowest BCUT2D eigenvalue weighted by atomic mass is 9.90. The average Bonchev–Trinajstić information content (AvgIpc) is 2.33. The molecule has 0 bridgehead atoms. The highest BCUT2D eigenvalue weighted by Crippen LogP contribution is 2.33. The van der Waals surface area contributed by atoms with E-state index in [1.54, 1.807) is 4.90 Å². The number of aliphatic hydroxyl groups excluding tert-OH is 1. The molecule has 1 aromatic rings. The molecular formula is C14H17F4NO2. The van der Waals surface area contributed by atoms with E-state index in [1.165, 1.54) is 6.92 Å². The SMILES string of the molecule is C[C@@]1(O)CCN(Cc2cc(F)ccc2C(F)(F)F)C[C@H]1O. The van der Waals surface area contributed by atoms with Crippen LogP contribution in [-0.2, 0) is 12.7 Å². The molecule has 1 aromatic carbocycles. The summed E-state index contributed by atoms with van der Waals surface area (Å²) in [7, 11) is 0. The molecule has 1 aliphatic heterocycles. The number of aliphatic hydroxyl groups is 2. The lowest BCUT2D eigenvalue weighted by Crippen LogP contribution is -2.53. The molecule has 1 fully saturated rings. The van der Waals surface area contributed by atoms with Gasteiger partial charge in [-0.3, -0.25) is 4.90 Å². The first-order valence-electron chi connectivity index (χ1n) is 6.58. The van der Waals surface area contributed by atoms with Crippen LogP contribution in [-0.4, -0.2) is 39.9 Å². The van der Waals surface area contributed by atoms with Crippen LogP contribution in [0.3, 0.4) is 0 Å². The third-order valence-electron chi connectivity index (χ3n) is 3.85. The van der Waals surface area contributed by atoms with Gasteiger partial charge in [0.05, 0.1) is 17.3 Å². The van der Waals surface area contributed by atoms with Gasteiger partial charge in [0.25, 0.3) is 0 Å². The summed E-state index contributed by atoms with van der Waals surface area (Å²) >= 11 is 0. The van der Waals surface area contributed by atoms with E-state index >= 15 is 0 Å². The number of likely N-dealkylation sites (tertiary alicyclic amines) is 1. The summed E-state index contributed by atoms with van der Waals surface area (Å²) in [6, 6.07) is 2.37. The van der Waals surface area contributed by atoms with Crippen LogP contribution in [0.1, 0.15) is 24.5 Å². The van der Waals surface area contributed by atoms with Crippen LogP contribution in [0.5, 0.6) is 0 Å². The summed E-state index contributed by atoms with van der Waals surface area (Å²) in [5.74, 6) is -0.734. The van der Waals surface area contributed by atoms with Crippen molar-refractivity contribution in [3.05, 3.63) is 35.1 Å². The van der Waals surface area contributed by atoms with Crippen molar-refractivity contribution in [3.8, 4) is 0 Å². The minimum absolute atomic E-state index is 0.0425. The minimum atomic E-state index is -4.55. The molecule has 21 heavy (non-hydrogen) atoms. The van der Waals surface area contributed by atoms with Gasteiger partial charge in [-0.25, -0.2) is 4.39 Å². The molecule has 0 unspecified atom stereocenters. The Morgan fingerprint density at radius 2 is 2.05 bits per heavy atom. The molecule has 7 heteroatoms. The van der Waals surface area contributed by atoms with Crippen molar-refractivity contribution in [2.24, 2.45) is 0 Å². The molecule has 0 amide bonds. The van der Waals surface area contributed by atoms with Gasteiger partial charge in [-0.15, -0.1) is 0 Å². The van der Waals surface area contributed by atoms with Crippen molar-refractivity contribution < 1.29 is 27.8 Å². The van der Waals surface area contributed by atoms with Gasteiger partial charge in [-0.2, -0.15) is 13.2 Å². The summed E-state index contributed by atoms with van der Waals surface area (Å²) in [5, 5.41) is 19.6. The predicted molar refractivity (Wildman–Crippen MR) is 67.9 cm³/mol. The zero-order valence-corrected chi connectivity index (χ0v) is 11.5. The molecule has 2 rings (SSSR count). The molecule has 1 saturated heterocycles. The summed E-state index contributed by atoms with van der Waals surface area (Å²) in [6.45, 7) is 1.73. The fourth-order valence-corrected chi connectivity index (χ4v) is 2.44. The number of alkyl halides is 3. The number of nitrogens with zero attached hydrogens (tertiary/aromatic N) is 1. The Labute approximate surface area is 119 Å². The number of halogens is 4. The fourth-order valence-electron chi connectivity index (χ4n) is 2.44.